The molecule has 0 saturated heterocycles. The SMILES string of the molecule is C[C@H]1c2c(N(C)C)ccc(O)c2C(=O)C2C(=O)[C@]3(O)C(=O)C(C(N)=O)C(=O)C(N(C)C)[C@@H]3[C@@H](O)[C@@H]21. The van der Waals surface area contributed by atoms with Crippen molar-refractivity contribution in [2.75, 3.05) is 33.1 Å². The predicted octanol–water partition coefficient (Wildman–Crippen LogP) is -1.54. The molecule has 2 saturated carbocycles. The quantitative estimate of drug-likeness (QED) is 0.365. The summed E-state index contributed by atoms with van der Waals surface area (Å²) < 4.78 is 0. The van der Waals surface area contributed by atoms with E-state index in [4.69, 9.17) is 5.73 Å². The lowest BCUT2D eigenvalue weighted by atomic mass is 9.49. The van der Waals surface area contributed by atoms with E-state index in [1.54, 1.807) is 32.0 Å². The first-order valence-corrected chi connectivity index (χ1v) is 11.2. The number of fused-ring (bicyclic) bond motifs is 3. The summed E-state index contributed by atoms with van der Waals surface area (Å²) in [6.07, 6.45) is -1.65. The molecule has 0 aliphatic heterocycles. The molecule has 1 amide bonds. The third-order valence-corrected chi connectivity index (χ3v) is 7.93. The molecule has 11 nitrogen and oxygen atoms in total. The van der Waals surface area contributed by atoms with Gasteiger partial charge in [-0.05, 0) is 37.7 Å². The van der Waals surface area contributed by atoms with Gasteiger partial charge in [0, 0.05) is 25.7 Å². The number of Topliss-reactive ketones (excluding diaryl/α,β-unsaturated/α-hetero) is 4. The third kappa shape index (κ3) is 3.04. The van der Waals surface area contributed by atoms with Gasteiger partial charge in [0.25, 0.3) is 0 Å². The van der Waals surface area contributed by atoms with Crippen LogP contribution in [-0.4, -0.2) is 95.2 Å². The number of primary amides is 1. The van der Waals surface area contributed by atoms with Gasteiger partial charge in [0.2, 0.25) is 5.91 Å². The number of aliphatic hydroxyl groups is 2. The van der Waals surface area contributed by atoms with Crippen LogP contribution in [0, 0.1) is 23.7 Å². The number of hydrogen-bond acceptors (Lipinski definition) is 10. The van der Waals surface area contributed by atoms with E-state index in [9.17, 15) is 39.3 Å². The standard InChI is InChI=1S/C24H29N3O8/c1-8-11-9(26(2)3)6-7-10(28)13(11)18(29)14-12(8)19(30)16-17(27(4)5)20(31)15(23(25)34)22(33)24(16,35)21(14)32/h6-8,12,14-17,19,28,30,35H,1-5H3,(H2,25,34)/t8-,12+,14?,15?,16+,17?,19-,24-/m0/s1. The normalized spacial score (nSPS) is 36.5. The van der Waals surface area contributed by atoms with Crippen molar-refractivity contribution >= 4 is 34.7 Å². The van der Waals surface area contributed by atoms with Crippen LogP contribution in [0.5, 0.6) is 5.75 Å². The second-order valence-corrected chi connectivity index (χ2v) is 10.2. The lowest BCUT2D eigenvalue weighted by Crippen LogP contribution is -2.77. The summed E-state index contributed by atoms with van der Waals surface area (Å²) in [6, 6.07) is 1.53. The summed E-state index contributed by atoms with van der Waals surface area (Å²) in [5.74, 6) is -13.3. The number of amides is 1. The zero-order valence-electron chi connectivity index (χ0n) is 20.1. The second kappa shape index (κ2) is 7.94. The average molecular weight is 488 g/mol. The van der Waals surface area contributed by atoms with Gasteiger partial charge in [0.1, 0.15) is 5.75 Å². The van der Waals surface area contributed by atoms with Gasteiger partial charge in [-0.2, -0.15) is 0 Å². The molecule has 0 bridgehead atoms. The number of rotatable bonds is 3. The Labute approximate surface area is 201 Å². The number of carbonyl (C=O) groups is 5. The number of carbonyl (C=O) groups excluding carboxylic acids is 5. The van der Waals surface area contributed by atoms with Gasteiger partial charge in [-0.1, -0.05) is 6.92 Å². The topological polar surface area (TPSA) is 179 Å². The van der Waals surface area contributed by atoms with Crippen LogP contribution in [-0.2, 0) is 19.2 Å². The minimum absolute atomic E-state index is 0.123. The molecular formula is C24H29N3O8. The molecule has 4 rings (SSSR count). The summed E-state index contributed by atoms with van der Waals surface area (Å²) in [6.45, 7) is 1.68. The molecule has 1 aromatic rings. The van der Waals surface area contributed by atoms with E-state index in [2.05, 4.69) is 0 Å². The fourth-order valence-electron chi connectivity index (χ4n) is 6.44. The van der Waals surface area contributed by atoms with E-state index in [1.807, 2.05) is 0 Å². The predicted molar refractivity (Wildman–Crippen MR) is 122 cm³/mol. The zero-order valence-corrected chi connectivity index (χ0v) is 20.1. The molecule has 0 radical (unpaired) electrons. The molecule has 8 atom stereocenters. The second-order valence-electron chi connectivity index (χ2n) is 10.2. The highest BCUT2D eigenvalue weighted by Gasteiger charge is 2.73. The van der Waals surface area contributed by atoms with Gasteiger partial charge in [0.05, 0.1) is 29.5 Å². The largest absolute Gasteiger partial charge is 0.507 e. The third-order valence-electron chi connectivity index (χ3n) is 7.93. The van der Waals surface area contributed by atoms with Gasteiger partial charge < -0.3 is 26.0 Å². The number of ketones is 4. The van der Waals surface area contributed by atoms with Gasteiger partial charge >= 0.3 is 0 Å². The average Bonchev–Trinajstić information content (AvgIpc) is 2.75. The monoisotopic (exact) mass is 487 g/mol. The van der Waals surface area contributed by atoms with E-state index >= 15 is 0 Å². The smallest absolute Gasteiger partial charge is 0.235 e. The van der Waals surface area contributed by atoms with Crippen LogP contribution in [0.1, 0.15) is 28.8 Å². The van der Waals surface area contributed by atoms with E-state index < -0.39 is 76.4 Å². The van der Waals surface area contributed by atoms with Gasteiger partial charge in [-0.15, -0.1) is 0 Å². The Morgan fingerprint density at radius 2 is 1.66 bits per heavy atom. The molecule has 0 aromatic heterocycles. The summed E-state index contributed by atoms with van der Waals surface area (Å²) >= 11 is 0. The minimum atomic E-state index is -3.00. The lowest BCUT2D eigenvalue weighted by Gasteiger charge is -2.56. The molecule has 2 fully saturated rings. The summed E-state index contributed by atoms with van der Waals surface area (Å²) in [5, 5.41) is 33.7. The van der Waals surface area contributed by atoms with Crippen molar-refractivity contribution in [3.05, 3.63) is 23.3 Å². The van der Waals surface area contributed by atoms with Crippen molar-refractivity contribution in [2.24, 2.45) is 29.4 Å². The minimum Gasteiger partial charge on any atom is -0.507 e. The number of phenolic OH excluding ortho intramolecular Hbond substituents is 1. The number of aliphatic hydroxyl groups excluding tert-OH is 1. The molecular weight excluding hydrogens is 458 g/mol. The maximum atomic E-state index is 13.8. The van der Waals surface area contributed by atoms with E-state index in [1.165, 1.54) is 25.1 Å². The number of phenols is 1. The number of hydrogen-bond donors (Lipinski definition) is 4. The Hall–Kier alpha value is -3.15. The highest BCUT2D eigenvalue weighted by atomic mass is 16.3. The number of benzene rings is 1. The molecule has 35 heavy (non-hydrogen) atoms. The van der Waals surface area contributed by atoms with Crippen molar-refractivity contribution in [1.29, 1.82) is 0 Å². The molecule has 0 heterocycles. The zero-order chi connectivity index (χ0) is 26.3. The van der Waals surface area contributed by atoms with Gasteiger partial charge in [-0.25, -0.2) is 0 Å². The molecule has 0 spiro atoms. The molecule has 188 valence electrons. The fourth-order valence-corrected chi connectivity index (χ4v) is 6.44. The van der Waals surface area contributed by atoms with Crippen LogP contribution in [0.25, 0.3) is 0 Å². The molecule has 5 N–H and O–H groups in total. The lowest BCUT2D eigenvalue weighted by molar-refractivity contribution is -0.196. The maximum absolute atomic E-state index is 13.8. The number of likely N-dealkylation sites (N-methyl/N-ethyl adjacent to an activating group) is 1. The summed E-state index contributed by atoms with van der Waals surface area (Å²) in [4.78, 5) is 69.0. The molecule has 3 unspecified atom stereocenters. The first kappa shape index (κ1) is 25.0. The first-order valence-electron chi connectivity index (χ1n) is 11.2. The molecule has 3 aliphatic carbocycles. The highest BCUT2D eigenvalue weighted by Crippen LogP contribution is 2.55. The molecule has 11 heteroatoms. The fraction of sp³-hybridized carbons (Fsp3) is 0.542. The molecule has 1 aromatic carbocycles. The van der Waals surface area contributed by atoms with Crippen LogP contribution in [0.15, 0.2) is 12.1 Å². The summed E-state index contributed by atoms with van der Waals surface area (Å²) in [5.41, 5.74) is 3.18. The van der Waals surface area contributed by atoms with E-state index in [0.29, 0.717) is 11.3 Å². The van der Waals surface area contributed by atoms with Gasteiger partial charge in [0.15, 0.2) is 34.7 Å². The van der Waals surface area contributed by atoms with Crippen molar-refractivity contribution in [3.63, 3.8) is 0 Å². The highest BCUT2D eigenvalue weighted by molar-refractivity contribution is 6.32. The first-order chi connectivity index (χ1) is 16.2. The number of anilines is 1. The van der Waals surface area contributed by atoms with E-state index in [-0.39, 0.29) is 11.3 Å². The Bertz CT molecular complexity index is 1180. The Morgan fingerprint density at radius 1 is 1.06 bits per heavy atom. The van der Waals surface area contributed by atoms with Gasteiger partial charge in [-0.3, -0.25) is 28.9 Å². The van der Waals surface area contributed by atoms with Crippen LogP contribution in [0.4, 0.5) is 5.69 Å². The van der Waals surface area contributed by atoms with Crippen molar-refractivity contribution in [2.45, 2.75) is 30.6 Å². The number of nitrogens with zero attached hydrogens (tertiary/aromatic N) is 2. The van der Waals surface area contributed by atoms with Crippen molar-refractivity contribution in [3.8, 4) is 5.75 Å². The Morgan fingerprint density at radius 3 is 2.17 bits per heavy atom. The van der Waals surface area contributed by atoms with Crippen LogP contribution in [0.2, 0.25) is 0 Å². The van der Waals surface area contributed by atoms with Crippen LogP contribution >= 0.6 is 0 Å². The van der Waals surface area contributed by atoms with Crippen molar-refractivity contribution < 1.29 is 39.3 Å². The van der Waals surface area contributed by atoms with Crippen molar-refractivity contribution in [1.82, 2.24) is 4.90 Å². The number of nitrogens with two attached hydrogens (primary N) is 1. The van der Waals surface area contributed by atoms with E-state index in [0.717, 1.165) is 0 Å². The Balaban J connectivity index is 1.99. The Kier molecular flexibility index (Phi) is 5.66. The maximum Gasteiger partial charge on any atom is 0.235 e. The molecule has 3 aliphatic rings. The van der Waals surface area contributed by atoms with Crippen LogP contribution < -0.4 is 10.6 Å². The summed E-state index contributed by atoms with van der Waals surface area (Å²) in [7, 11) is 6.38. The van der Waals surface area contributed by atoms with Crippen LogP contribution in [0.3, 0.4) is 0 Å². The number of aromatic hydroxyl groups is 1.